The van der Waals surface area contributed by atoms with Crippen LogP contribution in [0.3, 0.4) is 0 Å². The third-order valence-corrected chi connectivity index (χ3v) is 3.27. The predicted octanol–water partition coefficient (Wildman–Crippen LogP) is 3.74. The van der Waals surface area contributed by atoms with Crippen molar-refractivity contribution in [3.63, 3.8) is 0 Å². The molecule has 0 heterocycles. The van der Waals surface area contributed by atoms with Crippen LogP contribution in [0.2, 0.25) is 0 Å². The lowest BCUT2D eigenvalue weighted by atomic mass is 10.0. The summed E-state index contributed by atoms with van der Waals surface area (Å²) < 4.78 is 0. The number of aromatic hydroxyl groups is 1. The number of oxime groups is 1. The summed E-state index contributed by atoms with van der Waals surface area (Å²) in [6.07, 6.45) is 1.35. The van der Waals surface area contributed by atoms with Gasteiger partial charge in [-0.05, 0) is 29.0 Å². The second-order valence-corrected chi connectivity index (χ2v) is 4.70. The van der Waals surface area contributed by atoms with Gasteiger partial charge in [-0.2, -0.15) is 0 Å². The van der Waals surface area contributed by atoms with Crippen LogP contribution in [0.1, 0.15) is 15.9 Å². The fraction of sp³-hybridized carbons (Fsp3) is 0. The van der Waals surface area contributed by atoms with Gasteiger partial charge >= 0.3 is 5.97 Å². The summed E-state index contributed by atoms with van der Waals surface area (Å²) in [7, 11) is 0. The van der Waals surface area contributed by atoms with Gasteiger partial charge < -0.3 is 9.94 Å². The molecular formula is C18H13NO3. The van der Waals surface area contributed by atoms with Crippen molar-refractivity contribution in [3.8, 4) is 5.75 Å². The van der Waals surface area contributed by atoms with Gasteiger partial charge in [0.25, 0.3) is 0 Å². The summed E-state index contributed by atoms with van der Waals surface area (Å²) in [4.78, 5) is 16.6. The van der Waals surface area contributed by atoms with E-state index in [-0.39, 0.29) is 5.75 Å². The van der Waals surface area contributed by atoms with E-state index >= 15 is 0 Å². The first kappa shape index (κ1) is 13.8. The van der Waals surface area contributed by atoms with Crippen LogP contribution in [0.15, 0.2) is 71.9 Å². The predicted molar refractivity (Wildman–Crippen MR) is 85.1 cm³/mol. The van der Waals surface area contributed by atoms with Gasteiger partial charge in [-0.3, -0.25) is 0 Å². The Hall–Kier alpha value is -3.14. The third-order valence-electron chi connectivity index (χ3n) is 3.27. The van der Waals surface area contributed by atoms with Gasteiger partial charge in [0, 0.05) is 5.56 Å². The van der Waals surface area contributed by atoms with Gasteiger partial charge in [0.05, 0.1) is 11.8 Å². The molecule has 3 aromatic carbocycles. The van der Waals surface area contributed by atoms with Gasteiger partial charge in [-0.15, -0.1) is 0 Å². The van der Waals surface area contributed by atoms with E-state index in [2.05, 4.69) is 5.16 Å². The number of hydrogen-bond donors (Lipinski definition) is 1. The zero-order valence-corrected chi connectivity index (χ0v) is 11.6. The second kappa shape index (κ2) is 6.10. The summed E-state index contributed by atoms with van der Waals surface area (Å²) >= 11 is 0. The van der Waals surface area contributed by atoms with Crippen molar-refractivity contribution < 1.29 is 14.7 Å². The number of carbonyl (C=O) groups is 1. The van der Waals surface area contributed by atoms with Gasteiger partial charge in [-0.1, -0.05) is 53.7 Å². The molecule has 0 aromatic heterocycles. The normalized spacial score (nSPS) is 10.9. The maximum Gasteiger partial charge on any atom is 0.365 e. The summed E-state index contributed by atoms with van der Waals surface area (Å²) in [5.74, 6) is -0.463. The van der Waals surface area contributed by atoms with E-state index in [0.717, 1.165) is 10.8 Å². The topological polar surface area (TPSA) is 58.9 Å². The molecule has 3 rings (SSSR count). The molecular weight excluding hydrogens is 278 g/mol. The lowest BCUT2D eigenvalue weighted by Crippen LogP contribution is -2.00. The Labute approximate surface area is 127 Å². The lowest BCUT2D eigenvalue weighted by Gasteiger charge is -2.04. The molecule has 4 nitrogen and oxygen atoms in total. The Morgan fingerprint density at radius 2 is 1.68 bits per heavy atom. The minimum atomic E-state index is -0.545. The van der Waals surface area contributed by atoms with Crippen LogP contribution in [0.4, 0.5) is 0 Å². The molecule has 0 spiro atoms. The van der Waals surface area contributed by atoms with Crippen molar-refractivity contribution >= 4 is 23.0 Å². The number of phenolic OH excluding ortho intramolecular Hbond substituents is 1. The number of phenols is 1. The Bertz CT molecular complexity index is 841. The zero-order chi connectivity index (χ0) is 15.4. The Morgan fingerprint density at radius 1 is 0.955 bits per heavy atom. The van der Waals surface area contributed by atoms with Crippen molar-refractivity contribution in [3.05, 3.63) is 77.9 Å². The molecule has 0 bridgehead atoms. The average molecular weight is 291 g/mol. The van der Waals surface area contributed by atoms with Crippen molar-refractivity contribution in [2.45, 2.75) is 0 Å². The number of rotatable bonds is 3. The van der Waals surface area contributed by atoms with Gasteiger partial charge in [0.1, 0.15) is 5.75 Å². The minimum absolute atomic E-state index is 0.0817. The fourth-order valence-electron chi connectivity index (χ4n) is 2.17. The largest absolute Gasteiger partial charge is 0.507 e. The van der Waals surface area contributed by atoms with Gasteiger partial charge in [-0.25, -0.2) is 4.79 Å². The van der Waals surface area contributed by atoms with Crippen molar-refractivity contribution in [1.82, 2.24) is 0 Å². The van der Waals surface area contributed by atoms with E-state index in [4.69, 9.17) is 4.84 Å². The molecule has 0 saturated heterocycles. The first-order chi connectivity index (χ1) is 10.8. The van der Waals surface area contributed by atoms with E-state index in [1.54, 1.807) is 30.3 Å². The highest BCUT2D eigenvalue weighted by atomic mass is 16.7. The van der Waals surface area contributed by atoms with Crippen molar-refractivity contribution in [2.24, 2.45) is 5.16 Å². The molecule has 0 unspecified atom stereocenters. The van der Waals surface area contributed by atoms with E-state index in [9.17, 15) is 9.90 Å². The zero-order valence-electron chi connectivity index (χ0n) is 11.6. The van der Waals surface area contributed by atoms with Gasteiger partial charge in [0.15, 0.2) is 0 Å². The molecule has 3 aromatic rings. The average Bonchev–Trinajstić information content (AvgIpc) is 2.57. The van der Waals surface area contributed by atoms with Crippen LogP contribution >= 0.6 is 0 Å². The summed E-state index contributed by atoms with van der Waals surface area (Å²) in [6.45, 7) is 0. The molecule has 0 radical (unpaired) electrons. The van der Waals surface area contributed by atoms with Crippen LogP contribution in [0, 0.1) is 0 Å². The van der Waals surface area contributed by atoms with Crippen LogP contribution in [0.25, 0.3) is 10.8 Å². The molecule has 22 heavy (non-hydrogen) atoms. The maximum absolute atomic E-state index is 11.8. The van der Waals surface area contributed by atoms with Crippen molar-refractivity contribution in [1.29, 1.82) is 0 Å². The highest BCUT2D eigenvalue weighted by molar-refractivity contribution is 6.02. The molecule has 0 aliphatic rings. The molecule has 0 fully saturated rings. The second-order valence-electron chi connectivity index (χ2n) is 4.70. The first-order valence-electron chi connectivity index (χ1n) is 6.76. The molecule has 1 N–H and O–H groups in total. The lowest BCUT2D eigenvalue weighted by molar-refractivity contribution is 0.0519. The standard InChI is InChI=1S/C18H13NO3/c20-17-11-10-13-6-4-5-9-15(13)16(17)12-19-22-18(21)14-7-2-1-3-8-14/h1-12,20H/b19-12-. The monoisotopic (exact) mass is 291 g/mol. The highest BCUT2D eigenvalue weighted by Crippen LogP contribution is 2.25. The number of hydrogen-bond acceptors (Lipinski definition) is 4. The van der Waals surface area contributed by atoms with E-state index in [0.29, 0.717) is 11.1 Å². The molecule has 0 saturated carbocycles. The third kappa shape index (κ3) is 2.81. The SMILES string of the molecule is O=C(O/N=C\c1c(O)ccc2ccccc12)c1ccccc1. The number of nitrogens with zero attached hydrogens (tertiary/aromatic N) is 1. The summed E-state index contributed by atoms with van der Waals surface area (Å²) in [5, 5.41) is 15.5. The van der Waals surface area contributed by atoms with E-state index in [1.165, 1.54) is 6.21 Å². The summed E-state index contributed by atoms with van der Waals surface area (Å²) in [5.41, 5.74) is 0.931. The number of benzene rings is 3. The van der Waals surface area contributed by atoms with Crippen LogP contribution < -0.4 is 0 Å². The molecule has 0 amide bonds. The maximum atomic E-state index is 11.8. The van der Waals surface area contributed by atoms with Crippen LogP contribution in [-0.4, -0.2) is 17.3 Å². The number of carbonyl (C=O) groups excluding carboxylic acids is 1. The van der Waals surface area contributed by atoms with Gasteiger partial charge in [0.2, 0.25) is 0 Å². The van der Waals surface area contributed by atoms with Crippen LogP contribution in [0.5, 0.6) is 5.75 Å². The molecule has 0 aliphatic heterocycles. The molecule has 4 heteroatoms. The Morgan fingerprint density at radius 3 is 2.50 bits per heavy atom. The highest BCUT2D eigenvalue weighted by Gasteiger charge is 2.07. The quantitative estimate of drug-likeness (QED) is 0.454. The minimum Gasteiger partial charge on any atom is -0.507 e. The summed E-state index contributed by atoms with van der Waals surface area (Å²) in [6, 6.07) is 19.6. The molecule has 0 atom stereocenters. The fourth-order valence-corrected chi connectivity index (χ4v) is 2.17. The number of fused-ring (bicyclic) bond motifs is 1. The molecule has 0 aliphatic carbocycles. The molecule has 108 valence electrons. The van der Waals surface area contributed by atoms with E-state index in [1.807, 2.05) is 36.4 Å². The van der Waals surface area contributed by atoms with Crippen LogP contribution in [-0.2, 0) is 4.84 Å². The Kier molecular flexibility index (Phi) is 3.83. The Balaban J connectivity index is 1.84. The smallest absolute Gasteiger partial charge is 0.365 e. The van der Waals surface area contributed by atoms with Crippen molar-refractivity contribution in [2.75, 3.05) is 0 Å². The van der Waals surface area contributed by atoms with E-state index < -0.39 is 5.97 Å². The first-order valence-corrected chi connectivity index (χ1v) is 6.76.